The molecular formula is C13H18F2N2. The molecule has 0 aliphatic carbocycles. The molecule has 17 heavy (non-hydrogen) atoms. The van der Waals surface area contributed by atoms with E-state index in [1.807, 2.05) is 0 Å². The Labute approximate surface area is 101 Å². The summed E-state index contributed by atoms with van der Waals surface area (Å²) in [4.78, 5) is 2.35. The lowest BCUT2D eigenvalue weighted by Crippen LogP contribution is -2.31. The van der Waals surface area contributed by atoms with Crippen molar-refractivity contribution in [2.24, 2.45) is 0 Å². The molecule has 0 bridgehead atoms. The van der Waals surface area contributed by atoms with E-state index in [9.17, 15) is 8.78 Å². The molecule has 2 rings (SSSR count). The average molecular weight is 240 g/mol. The Bertz CT molecular complexity index is 373. The van der Waals surface area contributed by atoms with E-state index in [1.165, 1.54) is 12.1 Å². The lowest BCUT2D eigenvalue weighted by molar-refractivity contribution is 0.274. The summed E-state index contributed by atoms with van der Waals surface area (Å²) in [5, 5.41) is 3.19. The molecule has 1 aliphatic rings. The van der Waals surface area contributed by atoms with Gasteiger partial charge in [-0.05, 0) is 32.4 Å². The number of rotatable bonds is 3. The van der Waals surface area contributed by atoms with Crippen molar-refractivity contribution in [3.8, 4) is 0 Å². The van der Waals surface area contributed by atoms with Gasteiger partial charge in [-0.3, -0.25) is 4.90 Å². The monoisotopic (exact) mass is 240 g/mol. The van der Waals surface area contributed by atoms with Crippen LogP contribution in [-0.4, -0.2) is 30.1 Å². The van der Waals surface area contributed by atoms with Crippen LogP contribution in [0.5, 0.6) is 0 Å². The van der Waals surface area contributed by atoms with Crippen LogP contribution in [-0.2, 0) is 0 Å². The van der Waals surface area contributed by atoms with Crippen LogP contribution in [0.3, 0.4) is 0 Å². The Kier molecular flexibility index (Phi) is 3.62. The molecule has 1 atom stereocenters. The fourth-order valence-electron chi connectivity index (χ4n) is 2.25. The van der Waals surface area contributed by atoms with E-state index in [4.69, 9.17) is 0 Å². The second-order valence-electron chi connectivity index (χ2n) is 4.88. The van der Waals surface area contributed by atoms with Gasteiger partial charge in [0.15, 0.2) is 0 Å². The summed E-state index contributed by atoms with van der Waals surface area (Å²) in [5.74, 6) is -1.07. The number of nitrogens with one attached hydrogen (secondary N) is 1. The smallest absolute Gasteiger partial charge is 0.128 e. The predicted octanol–water partition coefficient (Wildman–Crippen LogP) is 2.86. The first kappa shape index (κ1) is 12.3. The number of halogens is 2. The van der Waals surface area contributed by atoms with Crippen molar-refractivity contribution in [3.63, 3.8) is 0 Å². The number of anilines is 1. The van der Waals surface area contributed by atoms with Crippen molar-refractivity contribution in [2.75, 3.05) is 18.4 Å². The summed E-state index contributed by atoms with van der Waals surface area (Å²) in [6.07, 6.45) is 1.01. The van der Waals surface area contributed by atoms with Crippen molar-refractivity contribution in [3.05, 3.63) is 29.8 Å². The first-order chi connectivity index (χ1) is 8.04. The first-order valence-electron chi connectivity index (χ1n) is 6.01. The molecule has 94 valence electrons. The lowest BCUT2D eigenvalue weighted by atomic mass is 10.2. The van der Waals surface area contributed by atoms with Crippen LogP contribution >= 0.6 is 0 Å². The highest BCUT2D eigenvalue weighted by atomic mass is 19.1. The van der Waals surface area contributed by atoms with Gasteiger partial charge in [-0.15, -0.1) is 0 Å². The molecule has 1 aromatic carbocycles. The van der Waals surface area contributed by atoms with Crippen LogP contribution in [0.2, 0.25) is 0 Å². The minimum atomic E-state index is -0.536. The average Bonchev–Trinajstić information content (AvgIpc) is 2.64. The van der Waals surface area contributed by atoms with Crippen LogP contribution in [0.25, 0.3) is 0 Å². The Morgan fingerprint density at radius 2 is 1.88 bits per heavy atom. The fourth-order valence-corrected chi connectivity index (χ4v) is 2.25. The molecular weight excluding hydrogens is 222 g/mol. The standard InChI is InChI=1S/C13H18F2N2/c1-9(2)17-4-3-12(8-17)16-13-6-10(14)5-11(15)7-13/h5-7,9,12,16H,3-4,8H2,1-2H3. The molecule has 0 spiro atoms. The van der Waals surface area contributed by atoms with Crippen LogP contribution < -0.4 is 5.32 Å². The molecule has 1 heterocycles. The molecule has 1 fully saturated rings. The third-order valence-corrected chi connectivity index (χ3v) is 3.18. The minimum absolute atomic E-state index is 0.276. The zero-order valence-corrected chi connectivity index (χ0v) is 10.2. The van der Waals surface area contributed by atoms with Crippen molar-refractivity contribution in [1.82, 2.24) is 4.90 Å². The molecule has 2 nitrogen and oxygen atoms in total. The summed E-state index contributed by atoms with van der Waals surface area (Å²) in [5.41, 5.74) is 0.526. The molecule has 1 aliphatic heterocycles. The zero-order chi connectivity index (χ0) is 12.4. The molecule has 1 aromatic rings. The molecule has 0 aromatic heterocycles. The maximum absolute atomic E-state index is 13.0. The number of hydrogen-bond acceptors (Lipinski definition) is 2. The van der Waals surface area contributed by atoms with Gasteiger partial charge in [-0.2, -0.15) is 0 Å². The predicted molar refractivity (Wildman–Crippen MR) is 65.1 cm³/mol. The van der Waals surface area contributed by atoms with Gasteiger partial charge < -0.3 is 5.32 Å². The van der Waals surface area contributed by atoms with Gasteiger partial charge in [0.2, 0.25) is 0 Å². The van der Waals surface area contributed by atoms with E-state index < -0.39 is 11.6 Å². The van der Waals surface area contributed by atoms with Gasteiger partial charge in [0, 0.05) is 36.9 Å². The quantitative estimate of drug-likeness (QED) is 0.874. The first-order valence-corrected chi connectivity index (χ1v) is 6.01. The maximum Gasteiger partial charge on any atom is 0.128 e. The molecule has 1 unspecified atom stereocenters. The molecule has 0 saturated carbocycles. The second kappa shape index (κ2) is 5.00. The Morgan fingerprint density at radius 1 is 1.24 bits per heavy atom. The van der Waals surface area contributed by atoms with Gasteiger partial charge in [0.05, 0.1) is 0 Å². The van der Waals surface area contributed by atoms with E-state index in [0.29, 0.717) is 11.7 Å². The van der Waals surface area contributed by atoms with E-state index in [2.05, 4.69) is 24.1 Å². The van der Waals surface area contributed by atoms with E-state index >= 15 is 0 Å². The molecule has 1 N–H and O–H groups in total. The summed E-state index contributed by atoms with van der Waals surface area (Å²) < 4.78 is 26.0. The SMILES string of the molecule is CC(C)N1CCC(Nc2cc(F)cc(F)c2)C1. The highest BCUT2D eigenvalue weighted by molar-refractivity contribution is 5.44. The van der Waals surface area contributed by atoms with Crippen LogP contribution in [0.1, 0.15) is 20.3 Å². The van der Waals surface area contributed by atoms with Crippen molar-refractivity contribution >= 4 is 5.69 Å². The van der Waals surface area contributed by atoms with Gasteiger partial charge in [-0.25, -0.2) is 8.78 Å². The summed E-state index contributed by atoms with van der Waals surface area (Å²) in [6, 6.07) is 4.35. The zero-order valence-electron chi connectivity index (χ0n) is 10.2. The van der Waals surface area contributed by atoms with Crippen LogP contribution in [0.15, 0.2) is 18.2 Å². The summed E-state index contributed by atoms with van der Waals surface area (Å²) in [7, 11) is 0. The molecule has 0 amide bonds. The highest BCUT2D eigenvalue weighted by Gasteiger charge is 2.23. The van der Waals surface area contributed by atoms with E-state index in [0.717, 1.165) is 25.6 Å². The normalized spacial score (nSPS) is 21.1. The van der Waals surface area contributed by atoms with Gasteiger partial charge in [-0.1, -0.05) is 0 Å². The van der Waals surface area contributed by atoms with Crippen LogP contribution in [0.4, 0.5) is 14.5 Å². The number of benzene rings is 1. The van der Waals surface area contributed by atoms with Crippen molar-refractivity contribution in [1.29, 1.82) is 0 Å². The van der Waals surface area contributed by atoms with Gasteiger partial charge in [0.1, 0.15) is 11.6 Å². The number of likely N-dealkylation sites (tertiary alicyclic amines) is 1. The fraction of sp³-hybridized carbons (Fsp3) is 0.538. The van der Waals surface area contributed by atoms with Gasteiger partial charge >= 0.3 is 0 Å². The maximum atomic E-state index is 13.0. The highest BCUT2D eigenvalue weighted by Crippen LogP contribution is 2.19. The minimum Gasteiger partial charge on any atom is -0.381 e. The lowest BCUT2D eigenvalue weighted by Gasteiger charge is -2.20. The Hall–Kier alpha value is -1.16. The second-order valence-corrected chi connectivity index (χ2v) is 4.88. The number of hydrogen-bond donors (Lipinski definition) is 1. The largest absolute Gasteiger partial charge is 0.381 e. The molecule has 4 heteroatoms. The Morgan fingerprint density at radius 3 is 2.41 bits per heavy atom. The van der Waals surface area contributed by atoms with Crippen LogP contribution in [0, 0.1) is 11.6 Å². The topological polar surface area (TPSA) is 15.3 Å². The summed E-state index contributed by atoms with van der Waals surface area (Å²) >= 11 is 0. The van der Waals surface area contributed by atoms with Crippen molar-refractivity contribution < 1.29 is 8.78 Å². The van der Waals surface area contributed by atoms with Crippen molar-refractivity contribution in [2.45, 2.75) is 32.4 Å². The van der Waals surface area contributed by atoms with Gasteiger partial charge in [0.25, 0.3) is 0 Å². The number of nitrogens with zero attached hydrogens (tertiary/aromatic N) is 1. The van der Waals surface area contributed by atoms with E-state index in [-0.39, 0.29) is 6.04 Å². The Balaban J connectivity index is 1.98. The third-order valence-electron chi connectivity index (χ3n) is 3.18. The van der Waals surface area contributed by atoms with E-state index in [1.54, 1.807) is 0 Å². The molecule has 0 radical (unpaired) electrons. The third kappa shape index (κ3) is 3.16. The summed E-state index contributed by atoms with van der Waals surface area (Å²) in [6.45, 7) is 6.28. The molecule has 1 saturated heterocycles.